The van der Waals surface area contributed by atoms with Crippen LogP contribution in [0.25, 0.3) is 10.4 Å². The maximum Gasteiger partial charge on any atom is 0.404 e. The van der Waals surface area contributed by atoms with Crippen molar-refractivity contribution in [2.24, 2.45) is 5.73 Å². The van der Waals surface area contributed by atoms with Crippen LogP contribution in [0.4, 0.5) is 16.3 Å². The van der Waals surface area contributed by atoms with E-state index in [4.69, 9.17) is 4.98 Å². The molecule has 0 spiro atoms. The van der Waals surface area contributed by atoms with Gasteiger partial charge in [-0.2, -0.15) is 0 Å². The van der Waals surface area contributed by atoms with Gasteiger partial charge in [0.05, 0.1) is 44.9 Å². The molecule has 0 aliphatic heterocycles. The Morgan fingerprint density at radius 2 is 1.81 bits per heavy atom. The molecule has 1 aliphatic carbocycles. The molecule has 0 saturated heterocycles. The number of amides is 1. The molecule has 4 rings (SSSR count). The Hall–Kier alpha value is -2.85. The van der Waals surface area contributed by atoms with Crippen LogP contribution in [0, 0.1) is 0 Å². The summed E-state index contributed by atoms with van der Waals surface area (Å²) in [5.41, 5.74) is 7.45. The fraction of sp³-hybridized carbons (Fsp3) is 0.481. The highest BCUT2D eigenvalue weighted by molar-refractivity contribution is 7.84. The first kappa shape index (κ1) is 28.7. The summed E-state index contributed by atoms with van der Waals surface area (Å²) in [7, 11) is -1.11. The van der Waals surface area contributed by atoms with Crippen molar-refractivity contribution >= 4 is 39.7 Å². The highest BCUT2D eigenvalue weighted by atomic mass is 32.2. The number of aromatic nitrogens is 3. The summed E-state index contributed by atoms with van der Waals surface area (Å²) < 4.78 is 16.9. The summed E-state index contributed by atoms with van der Waals surface area (Å²) in [5, 5.41) is 4.50. The predicted octanol–water partition coefficient (Wildman–Crippen LogP) is 6.74. The van der Waals surface area contributed by atoms with Crippen LogP contribution >= 0.6 is 11.3 Å². The average Bonchev–Trinajstić information content (AvgIpc) is 3.35. The van der Waals surface area contributed by atoms with Crippen LogP contribution < -0.4 is 11.1 Å². The Morgan fingerprint density at radius 1 is 1.08 bits per heavy atom. The molecule has 10 heteroatoms. The Morgan fingerprint density at radius 3 is 2.35 bits per heavy atom. The second-order valence-electron chi connectivity index (χ2n) is 9.65. The van der Waals surface area contributed by atoms with E-state index in [2.05, 4.69) is 39.6 Å². The van der Waals surface area contributed by atoms with Gasteiger partial charge in [0.1, 0.15) is 5.82 Å². The molecule has 8 nitrogen and oxygen atoms in total. The molecule has 1 aliphatic rings. The minimum atomic E-state index is -1.11. The molecule has 1 unspecified atom stereocenters. The number of nitrogens with one attached hydrogen (secondary N) is 1. The first-order valence-corrected chi connectivity index (χ1v) is 15.0. The molecule has 200 valence electrons. The molecule has 1 amide bonds. The number of carbonyl (C=O) groups excluding carboxylic acids is 1. The van der Waals surface area contributed by atoms with E-state index in [1.807, 2.05) is 24.4 Å². The van der Waals surface area contributed by atoms with E-state index in [-0.39, 0.29) is 6.10 Å². The van der Waals surface area contributed by atoms with Gasteiger partial charge in [0.2, 0.25) is 0 Å². The zero-order valence-corrected chi connectivity index (χ0v) is 23.8. The van der Waals surface area contributed by atoms with Crippen LogP contribution in [0.15, 0.2) is 41.7 Å². The second kappa shape index (κ2) is 13.6. The minimum Gasteiger partial charge on any atom is -0.447 e. The standard InChI is InChI=1S/C23H28N4OS2.C4H9NO2/c1-15(2)19-12-25-22(14-24-19)27-17-9-10-18(21(11-17)30(3)28)20-13-26-23(29-20)16-7-5-4-6-8-16;1-3(2)7-4(5)6/h9-16H,4-8H2,1-3H3,(H,25,27);3H,1-2H3,(H2,5,6). The van der Waals surface area contributed by atoms with Crippen LogP contribution in [0.3, 0.4) is 0 Å². The van der Waals surface area contributed by atoms with Crippen molar-refractivity contribution in [3.05, 3.63) is 47.5 Å². The Balaban J connectivity index is 0.000000479. The fourth-order valence-electron chi connectivity index (χ4n) is 4.07. The number of hydrogen-bond acceptors (Lipinski definition) is 8. The van der Waals surface area contributed by atoms with E-state index in [0.717, 1.165) is 26.7 Å². The molecule has 1 saturated carbocycles. The number of ether oxygens (including phenoxy) is 1. The van der Waals surface area contributed by atoms with Crippen molar-refractivity contribution < 1.29 is 13.7 Å². The molecule has 1 aromatic carbocycles. The number of benzene rings is 1. The Bertz CT molecular complexity index is 1190. The summed E-state index contributed by atoms with van der Waals surface area (Å²) >= 11 is 1.75. The lowest BCUT2D eigenvalue weighted by Crippen LogP contribution is -2.17. The number of rotatable bonds is 7. The second-order valence-corrected chi connectivity index (χ2v) is 12.1. The Kier molecular flexibility index (Phi) is 10.6. The summed E-state index contributed by atoms with van der Waals surface area (Å²) in [5.74, 6) is 1.61. The van der Waals surface area contributed by atoms with Gasteiger partial charge in [-0.15, -0.1) is 11.3 Å². The van der Waals surface area contributed by atoms with Crippen molar-refractivity contribution in [3.63, 3.8) is 0 Å². The Labute approximate surface area is 225 Å². The number of nitrogens with zero attached hydrogens (tertiary/aromatic N) is 3. The van der Waals surface area contributed by atoms with Gasteiger partial charge in [0.15, 0.2) is 0 Å². The third-order valence-electron chi connectivity index (χ3n) is 5.92. The maximum atomic E-state index is 12.5. The van der Waals surface area contributed by atoms with Gasteiger partial charge in [0, 0.05) is 34.5 Å². The van der Waals surface area contributed by atoms with Crippen LogP contribution in [0.2, 0.25) is 0 Å². The molecule has 3 N–H and O–H groups in total. The van der Waals surface area contributed by atoms with Crippen molar-refractivity contribution in [2.45, 2.75) is 82.6 Å². The molecule has 0 radical (unpaired) electrons. The normalized spacial score (nSPS) is 14.7. The summed E-state index contributed by atoms with van der Waals surface area (Å²) in [6, 6.07) is 5.99. The van der Waals surface area contributed by atoms with E-state index in [9.17, 15) is 9.00 Å². The molecule has 2 heterocycles. The first-order valence-electron chi connectivity index (χ1n) is 12.6. The molecular formula is C27H37N5O3S2. The summed E-state index contributed by atoms with van der Waals surface area (Å²) in [4.78, 5) is 25.3. The van der Waals surface area contributed by atoms with Crippen LogP contribution in [0.1, 0.15) is 82.3 Å². The van der Waals surface area contributed by atoms with Crippen molar-refractivity contribution in [1.29, 1.82) is 0 Å². The summed E-state index contributed by atoms with van der Waals surface area (Å²) in [6.45, 7) is 7.67. The number of hydrogen-bond donors (Lipinski definition) is 2. The molecule has 1 atom stereocenters. The minimum absolute atomic E-state index is 0.0995. The zero-order chi connectivity index (χ0) is 26.9. The number of anilines is 2. The topological polar surface area (TPSA) is 120 Å². The number of carbonyl (C=O) groups is 1. The highest BCUT2D eigenvalue weighted by Gasteiger charge is 2.20. The smallest absolute Gasteiger partial charge is 0.404 e. The van der Waals surface area contributed by atoms with Gasteiger partial charge in [-0.3, -0.25) is 9.19 Å². The molecule has 2 aromatic heterocycles. The number of primary amides is 1. The average molecular weight is 544 g/mol. The lowest BCUT2D eigenvalue weighted by atomic mass is 9.90. The van der Waals surface area contributed by atoms with Crippen LogP contribution in [-0.2, 0) is 15.5 Å². The van der Waals surface area contributed by atoms with Crippen molar-refractivity contribution in [1.82, 2.24) is 15.0 Å². The van der Waals surface area contributed by atoms with E-state index in [1.54, 1.807) is 43.8 Å². The highest BCUT2D eigenvalue weighted by Crippen LogP contribution is 2.39. The zero-order valence-electron chi connectivity index (χ0n) is 22.2. The van der Waals surface area contributed by atoms with Crippen molar-refractivity contribution in [3.8, 4) is 10.4 Å². The molecule has 3 aromatic rings. The fourth-order valence-corrected chi connectivity index (χ4v) is 6.04. The molecular weight excluding hydrogens is 506 g/mol. The van der Waals surface area contributed by atoms with Crippen LogP contribution in [0.5, 0.6) is 0 Å². The third-order valence-corrected chi connectivity index (χ3v) is 8.07. The monoisotopic (exact) mass is 543 g/mol. The number of thiazole rings is 1. The third kappa shape index (κ3) is 8.60. The molecule has 37 heavy (non-hydrogen) atoms. The van der Waals surface area contributed by atoms with E-state index >= 15 is 0 Å². The van der Waals surface area contributed by atoms with Gasteiger partial charge in [-0.05, 0) is 44.7 Å². The van der Waals surface area contributed by atoms with Gasteiger partial charge >= 0.3 is 6.09 Å². The molecule has 1 fully saturated rings. The van der Waals surface area contributed by atoms with E-state index in [1.165, 1.54) is 37.1 Å². The van der Waals surface area contributed by atoms with E-state index in [0.29, 0.717) is 17.7 Å². The maximum absolute atomic E-state index is 12.5. The SMILES string of the molecule is CC(C)OC(N)=O.CC(C)c1cnc(Nc2ccc(-c3cnc(C4CCCCC4)s3)c(S(C)=O)c2)cn1. The predicted molar refractivity (Wildman–Crippen MR) is 151 cm³/mol. The largest absolute Gasteiger partial charge is 0.447 e. The lowest BCUT2D eigenvalue weighted by Gasteiger charge is -2.18. The van der Waals surface area contributed by atoms with Crippen LogP contribution in [-0.4, -0.2) is 37.6 Å². The van der Waals surface area contributed by atoms with Gasteiger partial charge in [-0.25, -0.2) is 14.8 Å². The van der Waals surface area contributed by atoms with Gasteiger partial charge < -0.3 is 15.8 Å². The van der Waals surface area contributed by atoms with Gasteiger partial charge in [-0.1, -0.05) is 39.2 Å². The summed E-state index contributed by atoms with van der Waals surface area (Å²) in [6.07, 6.45) is 12.8. The first-order chi connectivity index (χ1) is 17.6. The van der Waals surface area contributed by atoms with E-state index < -0.39 is 16.9 Å². The van der Waals surface area contributed by atoms with Gasteiger partial charge in [0.25, 0.3) is 0 Å². The van der Waals surface area contributed by atoms with Crippen molar-refractivity contribution in [2.75, 3.05) is 11.6 Å². The molecule has 0 bridgehead atoms. The quantitative estimate of drug-likeness (QED) is 0.338. The number of nitrogens with two attached hydrogens (primary N) is 1. The lowest BCUT2D eigenvalue weighted by molar-refractivity contribution is 0.125.